The predicted octanol–water partition coefficient (Wildman–Crippen LogP) is 3.90. The Balaban J connectivity index is 2.21. The predicted molar refractivity (Wildman–Crippen MR) is 81.7 cm³/mol. The monoisotopic (exact) mass is 325 g/mol. The van der Waals surface area contributed by atoms with Crippen molar-refractivity contribution in [1.29, 1.82) is 0 Å². The van der Waals surface area contributed by atoms with Crippen molar-refractivity contribution in [3.05, 3.63) is 35.9 Å². The molecule has 2 rings (SSSR count). The molecule has 1 heterocycles. The number of carbonyl (C=O) groups excluding carboxylic acids is 2. The van der Waals surface area contributed by atoms with Gasteiger partial charge < -0.3 is 4.74 Å². The van der Waals surface area contributed by atoms with Crippen LogP contribution in [0.1, 0.15) is 44.0 Å². The van der Waals surface area contributed by atoms with Crippen LogP contribution in [0.25, 0.3) is 0 Å². The van der Waals surface area contributed by atoms with Crippen LogP contribution < -0.4 is 0 Å². The summed E-state index contributed by atoms with van der Waals surface area (Å²) in [6.45, 7) is 5.17. The molecule has 4 nitrogen and oxygen atoms in total. The molecule has 1 fully saturated rings. The Morgan fingerprint density at radius 1 is 1.17 bits per heavy atom. The fourth-order valence-electron chi connectivity index (χ4n) is 2.62. The van der Waals surface area contributed by atoms with E-state index in [1.165, 1.54) is 24.3 Å². The molecule has 1 unspecified atom stereocenters. The molecule has 6 heteroatoms. The molecule has 1 aliphatic heterocycles. The van der Waals surface area contributed by atoms with Crippen molar-refractivity contribution in [3.8, 4) is 0 Å². The Morgan fingerprint density at radius 2 is 1.78 bits per heavy atom. The summed E-state index contributed by atoms with van der Waals surface area (Å²) in [5.74, 6) is -4.91. The molecule has 1 aliphatic rings. The maximum atomic E-state index is 14.7. The van der Waals surface area contributed by atoms with Crippen LogP contribution in [0.3, 0.4) is 0 Å². The summed E-state index contributed by atoms with van der Waals surface area (Å²) in [6.07, 6.45) is -0.313. The van der Waals surface area contributed by atoms with Crippen molar-refractivity contribution in [1.82, 2.24) is 4.90 Å². The third-order valence-electron chi connectivity index (χ3n) is 3.64. The van der Waals surface area contributed by atoms with Gasteiger partial charge in [0.05, 0.1) is 0 Å². The number of nitrogens with zero attached hydrogens (tertiary/aromatic N) is 1. The highest BCUT2D eigenvalue weighted by molar-refractivity contribution is 6.02. The zero-order chi connectivity index (χ0) is 17.3. The fraction of sp³-hybridized carbons (Fsp3) is 0.529. The van der Waals surface area contributed by atoms with E-state index < -0.39 is 29.4 Å². The van der Waals surface area contributed by atoms with Crippen LogP contribution in [0.2, 0.25) is 0 Å². The number of rotatable bonds is 3. The highest BCUT2D eigenvalue weighted by atomic mass is 19.3. The second-order valence-corrected chi connectivity index (χ2v) is 6.65. The standard InChI is InChI=1S/C17H21F2NO3/c1-16(2,3)23-15(22)20-11-7-10-13(20)17(18,19)14(21)12-8-5-4-6-9-12/h4-6,8-9,13H,7,10-11H2,1-3H3. The molecule has 1 saturated heterocycles. The molecule has 1 amide bonds. The molecular formula is C17H21F2NO3. The summed E-state index contributed by atoms with van der Waals surface area (Å²) < 4.78 is 34.5. The van der Waals surface area contributed by atoms with Crippen molar-refractivity contribution < 1.29 is 23.1 Å². The van der Waals surface area contributed by atoms with Gasteiger partial charge in [0.25, 0.3) is 0 Å². The number of ether oxygens (including phenoxy) is 1. The summed E-state index contributed by atoms with van der Waals surface area (Å²) >= 11 is 0. The third-order valence-corrected chi connectivity index (χ3v) is 3.64. The van der Waals surface area contributed by atoms with Gasteiger partial charge in [-0.05, 0) is 33.6 Å². The van der Waals surface area contributed by atoms with E-state index in [1.54, 1.807) is 26.8 Å². The van der Waals surface area contributed by atoms with Crippen LogP contribution in [0, 0.1) is 0 Å². The molecule has 0 N–H and O–H groups in total. The maximum absolute atomic E-state index is 14.7. The minimum atomic E-state index is -3.64. The van der Waals surface area contributed by atoms with Crippen LogP contribution in [-0.4, -0.2) is 40.9 Å². The van der Waals surface area contributed by atoms with Gasteiger partial charge in [0.1, 0.15) is 11.6 Å². The lowest BCUT2D eigenvalue weighted by Crippen LogP contribution is -2.52. The Morgan fingerprint density at radius 3 is 2.35 bits per heavy atom. The number of amides is 1. The molecule has 0 bridgehead atoms. The highest BCUT2D eigenvalue weighted by Gasteiger charge is 2.53. The molecule has 0 aliphatic carbocycles. The first-order chi connectivity index (χ1) is 10.6. The van der Waals surface area contributed by atoms with E-state index >= 15 is 0 Å². The summed E-state index contributed by atoms with van der Waals surface area (Å²) in [7, 11) is 0. The van der Waals surface area contributed by atoms with E-state index in [-0.39, 0.29) is 18.5 Å². The van der Waals surface area contributed by atoms with Crippen molar-refractivity contribution >= 4 is 11.9 Å². The molecule has 0 saturated carbocycles. The molecule has 126 valence electrons. The SMILES string of the molecule is CC(C)(C)OC(=O)N1CCCC1C(F)(F)C(=O)c1ccccc1. The van der Waals surface area contributed by atoms with Gasteiger partial charge >= 0.3 is 12.0 Å². The Hall–Kier alpha value is -1.98. The van der Waals surface area contributed by atoms with Gasteiger partial charge in [0.15, 0.2) is 0 Å². The molecule has 0 radical (unpaired) electrons. The van der Waals surface area contributed by atoms with Gasteiger partial charge in [-0.25, -0.2) is 4.79 Å². The molecule has 1 aromatic carbocycles. The number of hydrogen-bond acceptors (Lipinski definition) is 3. The number of ketones is 1. The van der Waals surface area contributed by atoms with Gasteiger partial charge in [0, 0.05) is 12.1 Å². The Kier molecular flexibility index (Phi) is 4.73. The quantitative estimate of drug-likeness (QED) is 0.792. The van der Waals surface area contributed by atoms with E-state index in [0.29, 0.717) is 6.42 Å². The molecule has 1 aromatic rings. The molecule has 23 heavy (non-hydrogen) atoms. The first-order valence-corrected chi connectivity index (χ1v) is 7.60. The number of Topliss-reactive ketones (excluding diaryl/α,β-unsaturated/α-hetero) is 1. The zero-order valence-corrected chi connectivity index (χ0v) is 13.5. The number of halogens is 2. The number of benzene rings is 1. The van der Waals surface area contributed by atoms with Gasteiger partial charge in [-0.15, -0.1) is 0 Å². The van der Waals surface area contributed by atoms with Gasteiger partial charge in [0.2, 0.25) is 5.78 Å². The summed E-state index contributed by atoms with van der Waals surface area (Å²) in [5.41, 5.74) is -0.836. The molecular weight excluding hydrogens is 304 g/mol. The van der Waals surface area contributed by atoms with E-state index in [2.05, 4.69) is 0 Å². The largest absolute Gasteiger partial charge is 0.444 e. The summed E-state index contributed by atoms with van der Waals surface area (Å²) in [5, 5.41) is 0. The van der Waals surface area contributed by atoms with Crippen LogP contribution in [0.4, 0.5) is 13.6 Å². The lowest BCUT2D eigenvalue weighted by molar-refractivity contribution is -0.0490. The average molecular weight is 325 g/mol. The van der Waals surface area contributed by atoms with E-state index in [4.69, 9.17) is 4.74 Å². The lowest BCUT2D eigenvalue weighted by atomic mass is 9.98. The zero-order valence-electron chi connectivity index (χ0n) is 13.5. The lowest BCUT2D eigenvalue weighted by Gasteiger charge is -2.32. The number of alkyl halides is 2. The summed E-state index contributed by atoms with van der Waals surface area (Å²) in [4.78, 5) is 25.3. The first kappa shape index (κ1) is 17.4. The Bertz CT molecular complexity index is 581. The average Bonchev–Trinajstić information content (AvgIpc) is 2.96. The van der Waals surface area contributed by atoms with Crippen molar-refractivity contribution in [3.63, 3.8) is 0 Å². The highest BCUT2D eigenvalue weighted by Crippen LogP contribution is 2.35. The van der Waals surface area contributed by atoms with E-state index in [9.17, 15) is 18.4 Å². The Labute approximate surface area is 134 Å². The normalized spacial score (nSPS) is 18.8. The van der Waals surface area contributed by atoms with Gasteiger partial charge in [-0.1, -0.05) is 30.3 Å². The number of carbonyl (C=O) groups is 2. The molecule has 0 spiro atoms. The van der Waals surface area contributed by atoms with Gasteiger partial charge in [-0.3, -0.25) is 9.69 Å². The van der Waals surface area contributed by atoms with Crippen LogP contribution in [-0.2, 0) is 4.74 Å². The van der Waals surface area contributed by atoms with Crippen molar-refractivity contribution in [2.45, 2.75) is 51.2 Å². The van der Waals surface area contributed by atoms with E-state index in [1.807, 2.05) is 0 Å². The van der Waals surface area contributed by atoms with Crippen LogP contribution in [0.15, 0.2) is 30.3 Å². The third kappa shape index (κ3) is 3.86. The second kappa shape index (κ2) is 6.26. The summed E-state index contributed by atoms with van der Waals surface area (Å²) in [6, 6.07) is 5.95. The van der Waals surface area contributed by atoms with E-state index in [0.717, 1.165) is 4.90 Å². The van der Waals surface area contributed by atoms with Crippen molar-refractivity contribution in [2.75, 3.05) is 6.54 Å². The number of hydrogen-bond donors (Lipinski definition) is 0. The van der Waals surface area contributed by atoms with Crippen LogP contribution in [0.5, 0.6) is 0 Å². The minimum absolute atomic E-state index is 0.0615. The topological polar surface area (TPSA) is 46.6 Å². The minimum Gasteiger partial charge on any atom is -0.444 e. The van der Waals surface area contributed by atoms with Crippen LogP contribution >= 0.6 is 0 Å². The second-order valence-electron chi connectivity index (χ2n) is 6.65. The molecule has 0 aromatic heterocycles. The smallest absolute Gasteiger partial charge is 0.410 e. The maximum Gasteiger partial charge on any atom is 0.410 e. The first-order valence-electron chi connectivity index (χ1n) is 7.60. The number of likely N-dealkylation sites (tertiary alicyclic amines) is 1. The van der Waals surface area contributed by atoms with Gasteiger partial charge in [-0.2, -0.15) is 8.78 Å². The van der Waals surface area contributed by atoms with Crippen molar-refractivity contribution in [2.24, 2.45) is 0 Å². The molecule has 1 atom stereocenters. The fourth-order valence-corrected chi connectivity index (χ4v) is 2.62.